The molecule has 0 aromatic carbocycles. The van der Waals surface area contributed by atoms with Crippen LogP contribution in [0.25, 0.3) is 0 Å². The van der Waals surface area contributed by atoms with Crippen LogP contribution in [0.5, 0.6) is 0 Å². The third-order valence-corrected chi connectivity index (χ3v) is 3.35. The van der Waals surface area contributed by atoms with Crippen molar-refractivity contribution in [1.82, 2.24) is 0 Å². The molecule has 0 unspecified atom stereocenters. The highest BCUT2D eigenvalue weighted by Gasteiger charge is 2.46. The minimum atomic E-state index is -2.60. The normalized spacial score (nSPS) is 30.0. The SMILES string of the molecule is CC1(C)CO[P+](O)(Br)OC1. The molecule has 1 N–H and O–H groups in total. The molecule has 1 aliphatic heterocycles. The zero-order chi connectivity index (χ0) is 7.83. The molecule has 1 heterocycles. The summed E-state index contributed by atoms with van der Waals surface area (Å²) in [7, 11) is 0. The Morgan fingerprint density at radius 1 is 1.40 bits per heavy atom. The Morgan fingerprint density at radius 2 is 1.80 bits per heavy atom. The van der Waals surface area contributed by atoms with E-state index in [1.54, 1.807) is 0 Å². The van der Waals surface area contributed by atoms with Crippen LogP contribution in [0.3, 0.4) is 0 Å². The van der Waals surface area contributed by atoms with Gasteiger partial charge in [0.2, 0.25) is 15.5 Å². The highest BCUT2D eigenvalue weighted by atomic mass is 79.9. The van der Waals surface area contributed by atoms with Crippen LogP contribution in [-0.4, -0.2) is 18.1 Å². The highest BCUT2D eigenvalue weighted by Crippen LogP contribution is 2.67. The monoisotopic (exact) mass is 229 g/mol. The standard InChI is InChI=1S/C5H11BrO3P/c1-5(2)3-8-10(6,7)9-4-5/h7H,3-4H2,1-2H3/q+1. The fourth-order valence-electron chi connectivity index (χ4n) is 0.588. The minimum Gasteiger partial charge on any atom is -0.184 e. The summed E-state index contributed by atoms with van der Waals surface area (Å²) in [6.07, 6.45) is 0. The van der Waals surface area contributed by atoms with Gasteiger partial charge in [0.15, 0.2) is 0 Å². The molecule has 0 amide bonds. The smallest absolute Gasteiger partial charge is 0.184 e. The molecule has 0 atom stereocenters. The maximum atomic E-state index is 9.19. The van der Waals surface area contributed by atoms with Gasteiger partial charge in [-0.1, -0.05) is 13.8 Å². The summed E-state index contributed by atoms with van der Waals surface area (Å²) < 4.78 is 10.1. The summed E-state index contributed by atoms with van der Waals surface area (Å²) in [6, 6.07) is 0. The maximum Gasteiger partial charge on any atom is 0.485 e. The van der Waals surface area contributed by atoms with Gasteiger partial charge >= 0.3 is 6.65 Å². The van der Waals surface area contributed by atoms with Crippen molar-refractivity contribution in [1.29, 1.82) is 0 Å². The molecule has 10 heavy (non-hydrogen) atoms. The van der Waals surface area contributed by atoms with E-state index < -0.39 is 6.65 Å². The molecule has 3 nitrogen and oxygen atoms in total. The van der Waals surface area contributed by atoms with Gasteiger partial charge in [-0.05, 0) is 0 Å². The van der Waals surface area contributed by atoms with Crippen LogP contribution in [0.15, 0.2) is 0 Å². The van der Waals surface area contributed by atoms with Crippen molar-refractivity contribution in [2.75, 3.05) is 13.2 Å². The molecule has 1 fully saturated rings. The zero-order valence-corrected chi connectivity index (χ0v) is 8.48. The predicted molar refractivity (Wildman–Crippen MR) is 43.8 cm³/mol. The summed E-state index contributed by atoms with van der Waals surface area (Å²) in [5, 5.41) is 0. The largest absolute Gasteiger partial charge is 0.485 e. The Bertz CT molecular complexity index is 109. The topological polar surface area (TPSA) is 38.7 Å². The molecular formula is C5H11BrO3P+. The highest BCUT2D eigenvalue weighted by molar-refractivity contribution is 9.40. The van der Waals surface area contributed by atoms with E-state index in [2.05, 4.69) is 15.5 Å². The number of hydrogen-bond donors (Lipinski definition) is 1. The summed E-state index contributed by atoms with van der Waals surface area (Å²) in [5.41, 5.74) is 0.0278. The first-order valence-corrected chi connectivity index (χ1v) is 6.61. The van der Waals surface area contributed by atoms with E-state index >= 15 is 0 Å². The molecule has 0 aliphatic carbocycles. The second-order valence-electron chi connectivity index (χ2n) is 3.16. The van der Waals surface area contributed by atoms with Crippen molar-refractivity contribution in [3.05, 3.63) is 0 Å². The first-order valence-electron chi connectivity index (χ1n) is 3.02. The van der Waals surface area contributed by atoms with Crippen LogP contribution in [-0.2, 0) is 9.05 Å². The van der Waals surface area contributed by atoms with Crippen LogP contribution in [0.2, 0.25) is 0 Å². The summed E-state index contributed by atoms with van der Waals surface area (Å²) in [4.78, 5) is 9.19. The van der Waals surface area contributed by atoms with Crippen molar-refractivity contribution >= 4 is 22.1 Å². The zero-order valence-electron chi connectivity index (χ0n) is 6.00. The van der Waals surface area contributed by atoms with Gasteiger partial charge in [-0.25, -0.2) is 0 Å². The Hall–Kier alpha value is 0.790. The molecule has 0 spiro atoms. The number of halogens is 1. The van der Waals surface area contributed by atoms with Gasteiger partial charge < -0.3 is 0 Å². The minimum absolute atomic E-state index is 0.0278. The summed E-state index contributed by atoms with van der Waals surface area (Å²) in [5.74, 6) is 0. The van der Waals surface area contributed by atoms with Crippen LogP contribution < -0.4 is 0 Å². The molecule has 60 valence electrons. The van der Waals surface area contributed by atoms with Crippen molar-refractivity contribution in [2.45, 2.75) is 13.8 Å². The van der Waals surface area contributed by atoms with Crippen LogP contribution in [0.4, 0.5) is 0 Å². The molecule has 0 radical (unpaired) electrons. The molecule has 1 saturated heterocycles. The van der Waals surface area contributed by atoms with Crippen molar-refractivity contribution in [2.24, 2.45) is 5.41 Å². The van der Waals surface area contributed by atoms with E-state index in [-0.39, 0.29) is 5.41 Å². The van der Waals surface area contributed by atoms with E-state index in [1.807, 2.05) is 13.8 Å². The van der Waals surface area contributed by atoms with Gasteiger partial charge in [0.1, 0.15) is 13.2 Å². The molecule has 5 heteroatoms. The molecule has 0 aromatic rings. The van der Waals surface area contributed by atoms with E-state index in [9.17, 15) is 4.89 Å². The molecule has 1 aliphatic rings. The van der Waals surface area contributed by atoms with Crippen molar-refractivity contribution in [3.63, 3.8) is 0 Å². The first-order chi connectivity index (χ1) is 4.41. The Balaban J connectivity index is 2.46. The van der Waals surface area contributed by atoms with Crippen LogP contribution in [0.1, 0.15) is 13.8 Å². The molecule has 0 aromatic heterocycles. The first kappa shape index (κ1) is 8.88. The summed E-state index contributed by atoms with van der Waals surface area (Å²) >= 11 is 2.97. The third-order valence-electron chi connectivity index (χ3n) is 1.23. The van der Waals surface area contributed by atoms with E-state index in [0.717, 1.165) is 0 Å². The average Bonchev–Trinajstić information content (AvgIpc) is 1.79. The molecule has 1 rings (SSSR count). The Labute approximate surface area is 69.0 Å². The molecule has 0 bridgehead atoms. The Kier molecular flexibility index (Phi) is 2.38. The van der Waals surface area contributed by atoms with E-state index in [1.165, 1.54) is 0 Å². The predicted octanol–water partition coefficient (Wildman–Crippen LogP) is 2.12. The number of hydrogen-bond acceptors (Lipinski definition) is 3. The lowest BCUT2D eigenvalue weighted by molar-refractivity contribution is 0.0365. The summed E-state index contributed by atoms with van der Waals surface area (Å²) in [6.45, 7) is 2.54. The number of rotatable bonds is 0. The van der Waals surface area contributed by atoms with Crippen molar-refractivity contribution < 1.29 is 13.9 Å². The third kappa shape index (κ3) is 2.44. The molecule has 0 saturated carbocycles. The van der Waals surface area contributed by atoms with Gasteiger partial charge in [0.25, 0.3) is 0 Å². The Morgan fingerprint density at radius 3 is 2.10 bits per heavy atom. The van der Waals surface area contributed by atoms with E-state index in [0.29, 0.717) is 13.2 Å². The average molecular weight is 230 g/mol. The van der Waals surface area contributed by atoms with Crippen LogP contribution in [0, 0.1) is 5.41 Å². The van der Waals surface area contributed by atoms with Crippen LogP contribution >= 0.6 is 22.1 Å². The maximum absolute atomic E-state index is 9.19. The van der Waals surface area contributed by atoms with Gasteiger partial charge in [0, 0.05) is 5.41 Å². The van der Waals surface area contributed by atoms with Crippen molar-refractivity contribution in [3.8, 4) is 0 Å². The fourth-order valence-corrected chi connectivity index (χ4v) is 2.29. The lowest BCUT2D eigenvalue weighted by Crippen LogP contribution is -2.29. The molecular weight excluding hydrogens is 219 g/mol. The van der Waals surface area contributed by atoms with E-state index in [4.69, 9.17) is 9.05 Å². The van der Waals surface area contributed by atoms with Gasteiger partial charge in [0.05, 0.1) is 0 Å². The lowest BCUT2D eigenvalue weighted by Gasteiger charge is -2.28. The quantitative estimate of drug-likeness (QED) is 0.647. The second kappa shape index (κ2) is 2.68. The lowest BCUT2D eigenvalue weighted by atomic mass is 9.97. The van der Waals surface area contributed by atoms with Gasteiger partial charge in [-0.15, -0.1) is 0 Å². The fraction of sp³-hybridized carbons (Fsp3) is 1.00. The van der Waals surface area contributed by atoms with Gasteiger partial charge in [-0.2, -0.15) is 13.9 Å². The second-order valence-corrected chi connectivity index (χ2v) is 7.27. The van der Waals surface area contributed by atoms with Gasteiger partial charge in [-0.3, -0.25) is 0 Å².